The lowest BCUT2D eigenvalue weighted by molar-refractivity contribution is -0.113. The van der Waals surface area contributed by atoms with Gasteiger partial charge in [0.25, 0.3) is 5.91 Å². The van der Waals surface area contributed by atoms with Crippen LogP contribution in [0.1, 0.15) is 22.3 Å². The molecule has 38 heavy (non-hydrogen) atoms. The first-order valence-electron chi connectivity index (χ1n) is 12.8. The van der Waals surface area contributed by atoms with Gasteiger partial charge in [0.05, 0.1) is 30.7 Å². The fourth-order valence-corrected chi connectivity index (χ4v) is 7.59. The number of rotatable bonds is 6. The van der Waals surface area contributed by atoms with Gasteiger partial charge in [0, 0.05) is 57.9 Å². The van der Waals surface area contributed by atoms with Crippen LogP contribution in [0.5, 0.6) is 5.75 Å². The van der Waals surface area contributed by atoms with E-state index < -0.39 is 0 Å². The van der Waals surface area contributed by atoms with Crippen LogP contribution in [0.2, 0.25) is 0 Å². The number of carbonyl (C=O) groups is 2. The summed E-state index contributed by atoms with van der Waals surface area (Å²) in [4.78, 5) is 33.9. The van der Waals surface area contributed by atoms with Crippen molar-refractivity contribution in [1.82, 2.24) is 15.2 Å². The number of aliphatic hydroxyl groups excluding tert-OH is 1. The number of ether oxygens (including phenoxy) is 1. The zero-order valence-corrected chi connectivity index (χ0v) is 22.7. The lowest BCUT2D eigenvalue weighted by Crippen LogP contribution is -2.40. The van der Waals surface area contributed by atoms with E-state index in [1.165, 1.54) is 22.2 Å². The smallest absolute Gasteiger partial charge is 0.251 e. The van der Waals surface area contributed by atoms with Gasteiger partial charge in [0.2, 0.25) is 5.91 Å². The number of carbonyl (C=O) groups excluding carboxylic acids is 2. The first kappa shape index (κ1) is 25.5. The van der Waals surface area contributed by atoms with Gasteiger partial charge in [-0.1, -0.05) is 0 Å². The van der Waals surface area contributed by atoms with Crippen molar-refractivity contribution < 1.29 is 19.4 Å². The van der Waals surface area contributed by atoms with Gasteiger partial charge < -0.3 is 20.5 Å². The predicted molar refractivity (Wildman–Crippen MR) is 150 cm³/mol. The SMILES string of the molecule is COc1ccc2ncc3c(c2c1)CC(CN1CC(NC(=O)c2ccc4c(c2)NC(=O)CS4)CC1CO)CS3. The van der Waals surface area contributed by atoms with Crippen molar-refractivity contribution >= 4 is 51.9 Å². The second-order valence-electron chi connectivity index (χ2n) is 10.1. The van der Waals surface area contributed by atoms with Crippen LogP contribution in [-0.2, 0) is 11.2 Å². The van der Waals surface area contributed by atoms with Gasteiger partial charge in [-0.2, -0.15) is 0 Å². The Morgan fingerprint density at radius 1 is 1.24 bits per heavy atom. The number of aromatic nitrogens is 1. The Kier molecular flexibility index (Phi) is 7.22. The molecule has 0 saturated carbocycles. The van der Waals surface area contributed by atoms with E-state index in [0.29, 0.717) is 35.9 Å². The van der Waals surface area contributed by atoms with Gasteiger partial charge in [-0.3, -0.25) is 19.5 Å². The van der Waals surface area contributed by atoms with Gasteiger partial charge in [0.15, 0.2) is 0 Å². The maximum atomic E-state index is 13.0. The van der Waals surface area contributed by atoms with Crippen molar-refractivity contribution in [2.45, 2.75) is 34.7 Å². The molecular formula is C28H30N4O4S2. The summed E-state index contributed by atoms with van der Waals surface area (Å²) in [6.07, 6.45) is 3.63. The van der Waals surface area contributed by atoms with E-state index in [2.05, 4.69) is 26.6 Å². The second-order valence-corrected chi connectivity index (χ2v) is 12.2. The Hall–Kier alpha value is -2.79. The molecule has 0 aliphatic carbocycles. The standard InChI is InChI=1S/C28H30N4O4S2/c1-36-20-3-4-23-21(9-20)22-6-16(14-37-26(22)10-29-23)11-32-12-18(8-19(32)13-33)30-28(35)17-2-5-25-24(7-17)31-27(34)15-38-25/h2-5,7,9-10,16,18-19,33H,6,8,11-15H2,1H3,(H,30,35)(H,31,34). The highest BCUT2D eigenvalue weighted by molar-refractivity contribution is 8.00. The number of amides is 2. The highest BCUT2D eigenvalue weighted by atomic mass is 32.2. The van der Waals surface area contributed by atoms with E-state index >= 15 is 0 Å². The molecule has 1 saturated heterocycles. The van der Waals surface area contributed by atoms with Crippen LogP contribution in [-0.4, -0.2) is 77.2 Å². The molecule has 0 radical (unpaired) electrons. The van der Waals surface area contributed by atoms with E-state index in [-0.39, 0.29) is 30.5 Å². The van der Waals surface area contributed by atoms with Crippen molar-refractivity contribution in [3.05, 3.63) is 53.7 Å². The number of benzene rings is 2. The van der Waals surface area contributed by atoms with Gasteiger partial charge in [-0.15, -0.1) is 23.5 Å². The minimum Gasteiger partial charge on any atom is -0.497 e. The summed E-state index contributed by atoms with van der Waals surface area (Å²) in [5.41, 5.74) is 3.51. The van der Waals surface area contributed by atoms with Crippen molar-refractivity contribution in [3.8, 4) is 5.75 Å². The molecule has 1 aromatic heterocycles. The lowest BCUT2D eigenvalue weighted by atomic mass is 9.96. The third kappa shape index (κ3) is 5.10. The van der Waals surface area contributed by atoms with Gasteiger partial charge in [0.1, 0.15) is 5.75 Å². The number of hydrogen-bond donors (Lipinski definition) is 3. The van der Waals surface area contributed by atoms with Crippen LogP contribution >= 0.6 is 23.5 Å². The Morgan fingerprint density at radius 2 is 2.13 bits per heavy atom. The highest BCUT2D eigenvalue weighted by Gasteiger charge is 2.35. The van der Waals surface area contributed by atoms with Crippen LogP contribution < -0.4 is 15.4 Å². The molecule has 3 unspecified atom stereocenters. The Labute approximate surface area is 229 Å². The molecule has 8 nitrogen and oxygen atoms in total. The number of methoxy groups -OCH3 is 1. The largest absolute Gasteiger partial charge is 0.497 e. The number of nitrogens with one attached hydrogen (secondary N) is 2. The van der Waals surface area contributed by atoms with E-state index in [1.807, 2.05) is 36.2 Å². The lowest BCUT2D eigenvalue weighted by Gasteiger charge is -2.31. The molecule has 3 aliphatic heterocycles. The summed E-state index contributed by atoms with van der Waals surface area (Å²) in [6, 6.07) is 11.4. The number of aliphatic hydroxyl groups is 1. The average molecular weight is 551 g/mol. The van der Waals surface area contributed by atoms with Crippen LogP contribution in [0.15, 0.2) is 52.4 Å². The molecule has 3 aromatic rings. The van der Waals surface area contributed by atoms with Crippen molar-refractivity contribution in [3.63, 3.8) is 0 Å². The number of fused-ring (bicyclic) bond motifs is 4. The molecule has 0 spiro atoms. The van der Waals surface area contributed by atoms with E-state index in [1.54, 1.807) is 19.2 Å². The van der Waals surface area contributed by atoms with Crippen molar-refractivity contribution in [2.24, 2.45) is 5.92 Å². The van der Waals surface area contributed by atoms with Crippen LogP contribution in [0.25, 0.3) is 10.9 Å². The summed E-state index contributed by atoms with van der Waals surface area (Å²) < 4.78 is 5.46. The van der Waals surface area contributed by atoms with Crippen LogP contribution in [0.3, 0.4) is 0 Å². The molecule has 3 N–H and O–H groups in total. The van der Waals surface area contributed by atoms with Gasteiger partial charge in [-0.05, 0) is 60.7 Å². The zero-order valence-electron chi connectivity index (χ0n) is 21.1. The second kappa shape index (κ2) is 10.8. The summed E-state index contributed by atoms with van der Waals surface area (Å²) in [5.74, 6) is 2.44. The molecule has 1 fully saturated rings. The predicted octanol–water partition coefficient (Wildman–Crippen LogP) is 3.42. The monoisotopic (exact) mass is 550 g/mol. The molecular weight excluding hydrogens is 520 g/mol. The minimum absolute atomic E-state index is 0.0141. The molecule has 6 rings (SSSR count). The fourth-order valence-electron chi connectivity index (χ4n) is 5.67. The maximum absolute atomic E-state index is 13.0. The number of pyridine rings is 1. The molecule has 198 valence electrons. The molecule has 10 heteroatoms. The number of thioether (sulfide) groups is 2. The average Bonchev–Trinajstić information content (AvgIpc) is 3.32. The minimum atomic E-state index is -0.156. The summed E-state index contributed by atoms with van der Waals surface area (Å²) in [5, 5.41) is 17.3. The van der Waals surface area contributed by atoms with Gasteiger partial charge >= 0.3 is 0 Å². The molecule has 2 amide bonds. The number of hydrogen-bond acceptors (Lipinski definition) is 8. The quantitative estimate of drug-likeness (QED) is 0.429. The fraction of sp³-hybridized carbons (Fsp3) is 0.393. The molecule has 0 bridgehead atoms. The Bertz CT molecular complexity index is 1400. The number of anilines is 1. The first-order chi connectivity index (χ1) is 18.5. The maximum Gasteiger partial charge on any atom is 0.251 e. The van der Waals surface area contributed by atoms with E-state index in [0.717, 1.165) is 40.3 Å². The normalized spacial score (nSPS) is 23.0. The van der Waals surface area contributed by atoms with Gasteiger partial charge in [-0.25, -0.2) is 0 Å². The topological polar surface area (TPSA) is 104 Å². The summed E-state index contributed by atoms with van der Waals surface area (Å²) in [7, 11) is 1.68. The Morgan fingerprint density at radius 3 is 2.97 bits per heavy atom. The molecule has 2 aromatic carbocycles. The summed E-state index contributed by atoms with van der Waals surface area (Å²) in [6.45, 7) is 1.63. The van der Waals surface area contributed by atoms with E-state index in [9.17, 15) is 14.7 Å². The molecule has 4 heterocycles. The van der Waals surface area contributed by atoms with Crippen LogP contribution in [0.4, 0.5) is 5.69 Å². The summed E-state index contributed by atoms with van der Waals surface area (Å²) >= 11 is 3.32. The van der Waals surface area contributed by atoms with E-state index in [4.69, 9.17) is 4.74 Å². The Balaban J connectivity index is 1.12. The molecule has 3 atom stereocenters. The zero-order chi connectivity index (χ0) is 26.2. The van der Waals surface area contributed by atoms with Crippen molar-refractivity contribution in [2.75, 3.05) is 43.6 Å². The molecule has 3 aliphatic rings. The first-order valence-corrected chi connectivity index (χ1v) is 14.8. The number of likely N-dealkylation sites (tertiary alicyclic amines) is 1. The van der Waals surface area contributed by atoms with Crippen molar-refractivity contribution in [1.29, 1.82) is 0 Å². The highest BCUT2D eigenvalue weighted by Crippen LogP contribution is 2.38. The third-order valence-electron chi connectivity index (χ3n) is 7.56. The van der Waals surface area contributed by atoms with Crippen LogP contribution in [0, 0.1) is 5.92 Å². The number of nitrogens with zero attached hydrogens (tertiary/aromatic N) is 2. The third-order valence-corrected chi connectivity index (χ3v) is 9.93.